The van der Waals surface area contributed by atoms with Crippen LogP contribution in [0, 0.1) is 15.9 Å². The van der Waals surface area contributed by atoms with Crippen LogP contribution in [0.3, 0.4) is 0 Å². The molecule has 2 amide bonds. The van der Waals surface area contributed by atoms with Gasteiger partial charge in [-0.3, -0.25) is 24.6 Å². The van der Waals surface area contributed by atoms with E-state index >= 15 is 0 Å². The lowest BCUT2D eigenvalue weighted by molar-refractivity contribution is -0.383. The number of hydrogen-bond acceptors (Lipinski definition) is 5. The van der Waals surface area contributed by atoms with Gasteiger partial charge >= 0.3 is 0 Å². The van der Waals surface area contributed by atoms with Gasteiger partial charge in [-0.1, -0.05) is 23.7 Å². The smallest absolute Gasteiger partial charge is 0.292 e. The average molecular weight is 421 g/mol. The van der Waals surface area contributed by atoms with Crippen LogP contribution in [-0.4, -0.2) is 59.3 Å². The van der Waals surface area contributed by atoms with E-state index in [4.69, 9.17) is 11.6 Å². The lowest BCUT2D eigenvalue weighted by Crippen LogP contribution is -2.50. The summed E-state index contributed by atoms with van der Waals surface area (Å²) >= 11 is 5.95. The minimum atomic E-state index is -0.555. The quantitative estimate of drug-likeness (QED) is 0.592. The number of hydrogen-bond donors (Lipinski definition) is 1. The molecule has 2 aromatic carbocycles. The van der Waals surface area contributed by atoms with Crippen molar-refractivity contribution in [2.24, 2.45) is 0 Å². The van der Waals surface area contributed by atoms with E-state index in [-0.39, 0.29) is 40.3 Å². The Morgan fingerprint density at radius 3 is 2.48 bits per heavy atom. The summed E-state index contributed by atoms with van der Waals surface area (Å²) in [4.78, 5) is 38.7. The molecule has 0 spiro atoms. The zero-order valence-corrected chi connectivity index (χ0v) is 16.1. The van der Waals surface area contributed by atoms with Crippen LogP contribution in [-0.2, 0) is 4.79 Å². The minimum Gasteiger partial charge on any atom is -0.336 e. The molecule has 1 aliphatic rings. The predicted molar refractivity (Wildman–Crippen MR) is 105 cm³/mol. The molecule has 0 bridgehead atoms. The Morgan fingerprint density at radius 1 is 1.14 bits per heavy atom. The molecule has 1 heterocycles. The van der Waals surface area contributed by atoms with Gasteiger partial charge in [-0.05, 0) is 24.3 Å². The van der Waals surface area contributed by atoms with E-state index in [0.717, 1.165) is 6.07 Å². The Morgan fingerprint density at radius 2 is 1.83 bits per heavy atom. The van der Waals surface area contributed by atoms with Gasteiger partial charge in [0.2, 0.25) is 5.91 Å². The summed E-state index contributed by atoms with van der Waals surface area (Å²) in [6, 6.07) is 9.55. The molecule has 2 aromatic rings. The first-order valence-corrected chi connectivity index (χ1v) is 9.23. The lowest BCUT2D eigenvalue weighted by Gasteiger charge is -2.34. The second-order valence-electron chi connectivity index (χ2n) is 6.51. The van der Waals surface area contributed by atoms with E-state index in [1.54, 1.807) is 11.0 Å². The summed E-state index contributed by atoms with van der Waals surface area (Å²) in [6.07, 6.45) is 0. The van der Waals surface area contributed by atoms with Crippen molar-refractivity contribution in [3.8, 4) is 0 Å². The van der Waals surface area contributed by atoms with Gasteiger partial charge in [-0.15, -0.1) is 0 Å². The minimum absolute atomic E-state index is 0.0470. The summed E-state index contributed by atoms with van der Waals surface area (Å²) < 4.78 is 13.2. The number of nitrogens with zero attached hydrogens (tertiary/aromatic N) is 3. The average Bonchev–Trinajstić information content (AvgIpc) is 2.68. The maximum atomic E-state index is 13.2. The van der Waals surface area contributed by atoms with Crippen molar-refractivity contribution in [2.75, 3.05) is 38.0 Å². The van der Waals surface area contributed by atoms with Crippen LogP contribution in [0.15, 0.2) is 42.5 Å². The molecule has 1 saturated heterocycles. The molecule has 1 fully saturated rings. The highest BCUT2D eigenvalue weighted by molar-refractivity contribution is 6.33. The van der Waals surface area contributed by atoms with Gasteiger partial charge in [0.05, 0.1) is 22.1 Å². The zero-order chi connectivity index (χ0) is 21.0. The third kappa shape index (κ3) is 5.07. The van der Waals surface area contributed by atoms with E-state index in [2.05, 4.69) is 5.32 Å². The van der Waals surface area contributed by atoms with Crippen molar-refractivity contribution in [2.45, 2.75) is 0 Å². The zero-order valence-electron chi connectivity index (χ0n) is 15.3. The van der Waals surface area contributed by atoms with Crippen LogP contribution in [0.1, 0.15) is 10.4 Å². The molecule has 0 radical (unpaired) electrons. The maximum Gasteiger partial charge on any atom is 0.292 e. The second-order valence-corrected chi connectivity index (χ2v) is 6.92. The lowest BCUT2D eigenvalue weighted by atomic mass is 10.1. The fourth-order valence-electron chi connectivity index (χ4n) is 3.07. The highest BCUT2D eigenvalue weighted by Crippen LogP contribution is 2.23. The molecular formula is C19H18ClFN4O4. The summed E-state index contributed by atoms with van der Waals surface area (Å²) in [6.45, 7) is 1.71. The van der Waals surface area contributed by atoms with Crippen molar-refractivity contribution in [1.82, 2.24) is 9.80 Å². The molecule has 0 saturated carbocycles. The molecule has 1 aliphatic heterocycles. The number of amides is 2. The topological polar surface area (TPSA) is 95.8 Å². The van der Waals surface area contributed by atoms with Crippen LogP contribution in [0.4, 0.5) is 15.8 Å². The monoisotopic (exact) mass is 420 g/mol. The number of piperazine rings is 1. The number of carbonyl (C=O) groups is 2. The maximum absolute atomic E-state index is 13.2. The molecule has 152 valence electrons. The molecule has 1 N–H and O–H groups in total. The number of para-hydroxylation sites is 2. The number of nitro benzene ring substituents is 1. The summed E-state index contributed by atoms with van der Waals surface area (Å²) in [5, 5.41) is 13.6. The van der Waals surface area contributed by atoms with Crippen molar-refractivity contribution in [1.29, 1.82) is 0 Å². The third-order valence-electron chi connectivity index (χ3n) is 4.56. The van der Waals surface area contributed by atoms with Crippen molar-refractivity contribution < 1.29 is 18.9 Å². The first-order chi connectivity index (χ1) is 13.8. The fourth-order valence-corrected chi connectivity index (χ4v) is 3.32. The normalized spacial score (nSPS) is 14.5. The van der Waals surface area contributed by atoms with Gasteiger partial charge in [0, 0.05) is 32.2 Å². The summed E-state index contributed by atoms with van der Waals surface area (Å²) in [5.41, 5.74) is 0.199. The van der Waals surface area contributed by atoms with E-state index in [1.807, 2.05) is 4.90 Å². The van der Waals surface area contributed by atoms with Gasteiger partial charge < -0.3 is 10.2 Å². The van der Waals surface area contributed by atoms with Crippen molar-refractivity contribution in [3.05, 3.63) is 69.0 Å². The molecule has 0 atom stereocenters. The third-order valence-corrected chi connectivity index (χ3v) is 4.88. The summed E-state index contributed by atoms with van der Waals surface area (Å²) in [7, 11) is 0. The molecule has 8 nitrogen and oxygen atoms in total. The van der Waals surface area contributed by atoms with Crippen LogP contribution < -0.4 is 5.32 Å². The van der Waals surface area contributed by atoms with Crippen LogP contribution >= 0.6 is 11.6 Å². The second kappa shape index (κ2) is 8.97. The van der Waals surface area contributed by atoms with Gasteiger partial charge in [0.25, 0.3) is 11.6 Å². The molecule has 0 aliphatic carbocycles. The number of benzene rings is 2. The highest BCUT2D eigenvalue weighted by Gasteiger charge is 2.25. The molecule has 29 heavy (non-hydrogen) atoms. The number of halogens is 2. The van der Waals surface area contributed by atoms with Gasteiger partial charge in [-0.2, -0.15) is 0 Å². The van der Waals surface area contributed by atoms with Crippen molar-refractivity contribution in [3.63, 3.8) is 0 Å². The highest BCUT2D eigenvalue weighted by atomic mass is 35.5. The van der Waals surface area contributed by atoms with Crippen LogP contribution in [0.5, 0.6) is 0 Å². The van der Waals surface area contributed by atoms with Crippen LogP contribution in [0.2, 0.25) is 5.02 Å². The van der Waals surface area contributed by atoms with E-state index < -0.39 is 10.7 Å². The Labute approximate surface area is 171 Å². The molecule has 0 aromatic heterocycles. The Hall–Kier alpha value is -3.04. The molecule has 3 rings (SSSR count). The number of anilines is 1. The first kappa shape index (κ1) is 20.7. The molecule has 10 heteroatoms. The Kier molecular flexibility index (Phi) is 6.40. The van der Waals surface area contributed by atoms with Gasteiger partial charge in [0.15, 0.2) is 0 Å². The summed E-state index contributed by atoms with van der Waals surface area (Å²) in [5.74, 6) is -1.18. The molecular weight excluding hydrogens is 403 g/mol. The standard InChI is InChI=1S/C19H18ClFN4O4/c20-15-11-13(21)5-6-14(15)19(27)24-9-7-23(8-10-24)12-18(26)22-16-3-1-2-4-17(16)25(28)29/h1-6,11H,7-10,12H2,(H,22,26). The largest absolute Gasteiger partial charge is 0.336 e. The van der Waals surface area contributed by atoms with Gasteiger partial charge in [0.1, 0.15) is 11.5 Å². The number of nitrogens with one attached hydrogen (secondary N) is 1. The predicted octanol–water partition coefficient (Wildman–Crippen LogP) is 2.78. The first-order valence-electron chi connectivity index (χ1n) is 8.85. The SMILES string of the molecule is O=C(CN1CCN(C(=O)c2ccc(F)cc2Cl)CC1)Nc1ccccc1[N+](=O)[O-]. The van der Waals surface area contributed by atoms with E-state index in [9.17, 15) is 24.1 Å². The Balaban J connectivity index is 1.54. The number of carbonyl (C=O) groups excluding carboxylic acids is 2. The number of rotatable bonds is 5. The van der Waals surface area contributed by atoms with E-state index in [0.29, 0.717) is 26.2 Å². The van der Waals surface area contributed by atoms with Gasteiger partial charge in [-0.25, -0.2) is 4.39 Å². The van der Waals surface area contributed by atoms with Crippen molar-refractivity contribution >= 4 is 34.8 Å². The fraction of sp³-hybridized carbons (Fsp3) is 0.263. The van der Waals surface area contributed by atoms with E-state index in [1.165, 1.54) is 30.3 Å². The number of nitro groups is 1. The molecule has 0 unspecified atom stereocenters. The van der Waals surface area contributed by atoms with Crippen LogP contribution in [0.25, 0.3) is 0 Å². The Bertz CT molecular complexity index is 948.